The molecule has 0 saturated carbocycles. The van der Waals surface area contributed by atoms with Crippen LogP contribution in [0.15, 0.2) is 18.2 Å². The molecular formula is C14H21FN2S. The summed E-state index contributed by atoms with van der Waals surface area (Å²) in [5.41, 5.74) is 7.30. The van der Waals surface area contributed by atoms with Crippen LogP contribution in [0.1, 0.15) is 25.0 Å². The number of nitrogens with zero attached hydrogens (tertiary/aromatic N) is 1. The topological polar surface area (TPSA) is 29.3 Å². The Morgan fingerprint density at radius 3 is 2.89 bits per heavy atom. The van der Waals surface area contributed by atoms with Crippen molar-refractivity contribution < 1.29 is 4.39 Å². The van der Waals surface area contributed by atoms with E-state index >= 15 is 0 Å². The molecule has 2 N–H and O–H groups in total. The molecule has 1 fully saturated rings. The first-order valence-electron chi connectivity index (χ1n) is 6.34. The van der Waals surface area contributed by atoms with Crippen molar-refractivity contribution in [1.29, 1.82) is 0 Å². The second-order valence-corrected chi connectivity index (χ2v) is 7.25. The van der Waals surface area contributed by atoms with E-state index in [0.717, 1.165) is 31.0 Å². The van der Waals surface area contributed by atoms with E-state index in [0.29, 0.717) is 10.3 Å². The van der Waals surface area contributed by atoms with Crippen molar-refractivity contribution in [3.8, 4) is 0 Å². The van der Waals surface area contributed by atoms with E-state index in [1.165, 1.54) is 6.07 Å². The van der Waals surface area contributed by atoms with Crippen molar-refractivity contribution in [1.82, 2.24) is 4.90 Å². The zero-order chi connectivity index (χ0) is 13.2. The summed E-state index contributed by atoms with van der Waals surface area (Å²) in [6.07, 6.45) is 0. The fraction of sp³-hybridized carbons (Fsp3) is 0.571. The number of halogens is 1. The predicted molar refractivity (Wildman–Crippen MR) is 76.1 cm³/mol. The Morgan fingerprint density at radius 2 is 2.22 bits per heavy atom. The Bertz CT molecular complexity index is 420. The van der Waals surface area contributed by atoms with Gasteiger partial charge in [-0.15, -0.1) is 0 Å². The van der Waals surface area contributed by atoms with E-state index in [2.05, 4.69) is 18.7 Å². The van der Waals surface area contributed by atoms with Crippen molar-refractivity contribution in [2.75, 3.05) is 18.8 Å². The van der Waals surface area contributed by atoms with Gasteiger partial charge in [-0.1, -0.05) is 12.1 Å². The lowest BCUT2D eigenvalue weighted by Crippen LogP contribution is -2.42. The van der Waals surface area contributed by atoms with Gasteiger partial charge in [0.05, 0.1) is 0 Å². The summed E-state index contributed by atoms with van der Waals surface area (Å²) in [6, 6.07) is 5.29. The Labute approximate surface area is 113 Å². The highest BCUT2D eigenvalue weighted by molar-refractivity contribution is 8.00. The highest BCUT2D eigenvalue weighted by Gasteiger charge is 2.26. The summed E-state index contributed by atoms with van der Waals surface area (Å²) in [7, 11) is 0. The van der Waals surface area contributed by atoms with Gasteiger partial charge in [0, 0.05) is 42.2 Å². The first-order chi connectivity index (χ1) is 8.50. The molecule has 0 amide bonds. The summed E-state index contributed by atoms with van der Waals surface area (Å²) >= 11 is 2.02. The molecule has 2 nitrogen and oxygen atoms in total. The van der Waals surface area contributed by atoms with E-state index in [-0.39, 0.29) is 12.4 Å². The molecule has 1 aromatic carbocycles. The van der Waals surface area contributed by atoms with Crippen molar-refractivity contribution in [2.45, 2.75) is 31.7 Å². The molecule has 1 aromatic rings. The summed E-state index contributed by atoms with van der Waals surface area (Å²) in [4.78, 5) is 2.43. The molecule has 0 spiro atoms. The van der Waals surface area contributed by atoms with E-state index < -0.39 is 0 Å². The lowest BCUT2D eigenvalue weighted by molar-refractivity contribution is 0.252. The maximum absolute atomic E-state index is 13.4. The number of nitrogens with two attached hydrogens (primary N) is 1. The van der Waals surface area contributed by atoms with Crippen LogP contribution in [-0.2, 0) is 13.1 Å². The van der Waals surface area contributed by atoms with Crippen molar-refractivity contribution in [3.05, 3.63) is 35.1 Å². The lowest BCUT2D eigenvalue weighted by atomic mass is 10.1. The van der Waals surface area contributed by atoms with Crippen LogP contribution in [0.25, 0.3) is 0 Å². The van der Waals surface area contributed by atoms with Gasteiger partial charge in [0.2, 0.25) is 0 Å². The normalized spacial score (nSPS) is 20.0. The molecule has 18 heavy (non-hydrogen) atoms. The zero-order valence-corrected chi connectivity index (χ0v) is 11.9. The number of hydrogen-bond acceptors (Lipinski definition) is 3. The molecular weight excluding hydrogens is 247 g/mol. The van der Waals surface area contributed by atoms with Crippen LogP contribution in [0.3, 0.4) is 0 Å². The summed E-state index contributed by atoms with van der Waals surface area (Å²) in [5, 5.41) is 0. The van der Waals surface area contributed by atoms with Gasteiger partial charge >= 0.3 is 0 Å². The van der Waals surface area contributed by atoms with Crippen LogP contribution in [0.4, 0.5) is 4.39 Å². The number of rotatable bonds is 3. The highest BCUT2D eigenvalue weighted by atomic mass is 32.2. The van der Waals surface area contributed by atoms with Crippen LogP contribution in [0, 0.1) is 5.82 Å². The SMILES string of the molecule is CC1(C)CN(Cc2ccc(F)c(CN)c2)CCS1. The molecule has 0 unspecified atom stereocenters. The first-order valence-corrected chi connectivity index (χ1v) is 7.32. The van der Waals surface area contributed by atoms with Crippen LogP contribution < -0.4 is 5.73 Å². The molecule has 2 rings (SSSR count). The van der Waals surface area contributed by atoms with Crippen LogP contribution in [-0.4, -0.2) is 28.5 Å². The van der Waals surface area contributed by atoms with Crippen LogP contribution in [0.2, 0.25) is 0 Å². The van der Waals surface area contributed by atoms with E-state index in [1.807, 2.05) is 23.9 Å². The maximum Gasteiger partial charge on any atom is 0.127 e. The molecule has 1 aliphatic heterocycles. The molecule has 0 aromatic heterocycles. The fourth-order valence-corrected chi connectivity index (χ4v) is 3.57. The van der Waals surface area contributed by atoms with Crippen LogP contribution in [0.5, 0.6) is 0 Å². The minimum absolute atomic E-state index is 0.198. The van der Waals surface area contributed by atoms with E-state index in [9.17, 15) is 4.39 Å². The van der Waals surface area contributed by atoms with Gasteiger partial charge < -0.3 is 5.73 Å². The minimum atomic E-state index is -0.198. The van der Waals surface area contributed by atoms with Gasteiger partial charge in [0.25, 0.3) is 0 Å². The smallest absolute Gasteiger partial charge is 0.127 e. The third-order valence-electron chi connectivity index (χ3n) is 3.24. The Balaban J connectivity index is 2.05. The molecule has 1 aliphatic rings. The van der Waals surface area contributed by atoms with E-state index in [1.54, 1.807) is 0 Å². The van der Waals surface area contributed by atoms with Gasteiger partial charge in [-0.05, 0) is 25.5 Å². The molecule has 100 valence electrons. The zero-order valence-electron chi connectivity index (χ0n) is 11.1. The van der Waals surface area contributed by atoms with Crippen molar-refractivity contribution in [3.63, 3.8) is 0 Å². The fourth-order valence-electron chi connectivity index (χ4n) is 2.39. The quantitative estimate of drug-likeness (QED) is 0.913. The summed E-state index contributed by atoms with van der Waals surface area (Å²) < 4.78 is 13.7. The summed E-state index contributed by atoms with van der Waals surface area (Å²) in [5.74, 6) is 0.966. The number of benzene rings is 1. The predicted octanol–water partition coefficient (Wildman–Crippen LogP) is 2.61. The first kappa shape index (κ1) is 13.8. The van der Waals surface area contributed by atoms with E-state index in [4.69, 9.17) is 5.73 Å². The molecule has 0 aliphatic carbocycles. The minimum Gasteiger partial charge on any atom is -0.326 e. The molecule has 1 saturated heterocycles. The van der Waals surface area contributed by atoms with Gasteiger partial charge in [-0.2, -0.15) is 11.8 Å². The largest absolute Gasteiger partial charge is 0.326 e. The van der Waals surface area contributed by atoms with Gasteiger partial charge in [-0.3, -0.25) is 4.90 Å². The highest BCUT2D eigenvalue weighted by Crippen LogP contribution is 2.30. The lowest BCUT2D eigenvalue weighted by Gasteiger charge is -2.37. The third-order valence-corrected chi connectivity index (χ3v) is 4.54. The Hall–Kier alpha value is -0.580. The van der Waals surface area contributed by atoms with Crippen molar-refractivity contribution in [2.24, 2.45) is 5.73 Å². The molecule has 0 atom stereocenters. The maximum atomic E-state index is 13.4. The Kier molecular flexibility index (Phi) is 4.30. The number of thioether (sulfide) groups is 1. The average Bonchev–Trinajstić information content (AvgIpc) is 2.30. The monoisotopic (exact) mass is 268 g/mol. The second kappa shape index (κ2) is 5.59. The molecule has 0 bridgehead atoms. The van der Waals surface area contributed by atoms with Crippen molar-refractivity contribution >= 4 is 11.8 Å². The molecule has 0 radical (unpaired) electrons. The van der Waals surface area contributed by atoms with Crippen LogP contribution >= 0.6 is 11.8 Å². The molecule has 1 heterocycles. The third kappa shape index (κ3) is 3.46. The second-order valence-electron chi connectivity index (χ2n) is 5.45. The number of hydrogen-bond donors (Lipinski definition) is 1. The van der Waals surface area contributed by atoms with Gasteiger partial charge in [0.15, 0.2) is 0 Å². The standard InChI is InChI=1S/C14H21FN2S/c1-14(2)10-17(5-6-18-14)9-11-3-4-13(15)12(7-11)8-16/h3-4,7H,5-6,8-10,16H2,1-2H3. The van der Waals surface area contributed by atoms with Gasteiger partial charge in [-0.25, -0.2) is 4.39 Å². The molecule has 4 heteroatoms. The average molecular weight is 268 g/mol. The summed E-state index contributed by atoms with van der Waals surface area (Å²) in [6.45, 7) is 7.88. The Morgan fingerprint density at radius 1 is 1.44 bits per heavy atom. The van der Waals surface area contributed by atoms with Gasteiger partial charge in [0.1, 0.15) is 5.82 Å².